The number of piperidine rings is 1. The van der Waals surface area contributed by atoms with E-state index in [0.29, 0.717) is 6.04 Å². The molecule has 6 heteroatoms. The number of nitrogens with zero attached hydrogens (tertiary/aromatic N) is 6. The van der Waals surface area contributed by atoms with Gasteiger partial charge in [0, 0.05) is 31.5 Å². The molecule has 0 aliphatic carbocycles. The lowest BCUT2D eigenvalue weighted by molar-refractivity contribution is 0.126. The number of hydrogen-bond donors (Lipinski definition) is 0. The molecule has 1 saturated heterocycles. The highest BCUT2D eigenvalue weighted by Gasteiger charge is 2.23. The summed E-state index contributed by atoms with van der Waals surface area (Å²) in [6, 6.07) is 10.8. The molecule has 26 heavy (non-hydrogen) atoms. The van der Waals surface area contributed by atoms with Gasteiger partial charge in [0.1, 0.15) is 5.82 Å². The van der Waals surface area contributed by atoms with Crippen LogP contribution >= 0.6 is 0 Å². The Morgan fingerprint density at radius 3 is 2.85 bits per heavy atom. The lowest BCUT2D eigenvalue weighted by atomic mass is 9.99. The third-order valence-corrected chi connectivity index (χ3v) is 5.30. The topological polar surface area (TPSA) is 51.8 Å². The van der Waals surface area contributed by atoms with E-state index in [2.05, 4.69) is 56.2 Å². The molecule has 0 radical (unpaired) electrons. The van der Waals surface area contributed by atoms with Gasteiger partial charge < -0.3 is 4.57 Å². The molecular formula is C20H26N6. The van der Waals surface area contributed by atoms with Crippen molar-refractivity contribution in [3.63, 3.8) is 0 Å². The van der Waals surface area contributed by atoms with Crippen molar-refractivity contribution in [1.82, 2.24) is 29.4 Å². The van der Waals surface area contributed by atoms with Crippen LogP contribution in [0.5, 0.6) is 0 Å². The molecular weight excluding hydrogens is 324 g/mol. The number of aryl methyl sites for hydroxylation is 2. The summed E-state index contributed by atoms with van der Waals surface area (Å²) in [6.45, 7) is 5.12. The van der Waals surface area contributed by atoms with E-state index >= 15 is 0 Å². The molecule has 1 fully saturated rings. The van der Waals surface area contributed by atoms with Crippen molar-refractivity contribution in [3.05, 3.63) is 60.4 Å². The minimum absolute atomic E-state index is 0.604. The molecule has 0 bridgehead atoms. The zero-order valence-corrected chi connectivity index (χ0v) is 15.3. The van der Waals surface area contributed by atoms with Crippen LogP contribution in [0.3, 0.4) is 0 Å². The lowest BCUT2D eigenvalue weighted by Crippen LogP contribution is -2.39. The van der Waals surface area contributed by atoms with Gasteiger partial charge in [-0.25, -0.2) is 9.67 Å². The summed E-state index contributed by atoms with van der Waals surface area (Å²) in [5.41, 5.74) is 2.09. The lowest BCUT2D eigenvalue weighted by Gasteiger charge is -2.35. The summed E-state index contributed by atoms with van der Waals surface area (Å²) >= 11 is 0. The molecule has 3 aromatic rings. The zero-order chi connectivity index (χ0) is 17.8. The molecule has 6 nitrogen and oxygen atoms in total. The number of imidazole rings is 1. The maximum atomic E-state index is 4.40. The highest BCUT2D eigenvalue weighted by atomic mass is 15.4. The molecule has 4 rings (SSSR count). The Bertz CT molecular complexity index is 822. The number of rotatable bonds is 6. The molecule has 0 spiro atoms. The Balaban J connectivity index is 1.40. The van der Waals surface area contributed by atoms with Crippen molar-refractivity contribution >= 4 is 0 Å². The predicted molar refractivity (Wildman–Crippen MR) is 101 cm³/mol. The van der Waals surface area contributed by atoms with Gasteiger partial charge in [-0.1, -0.05) is 29.8 Å². The van der Waals surface area contributed by atoms with Gasteiger partial charge in [0.2, 0.25) is 0 Å². The summed E-state index contributed by atoms with van der Waals surface area (Å²) in [5, 5.41) is 8.70. The first-order valence-electron chi connectivity index (χ1n) is 9.48. The van der Waals surface area contributed by atoms with E-state index in [1.165, 1.54) is 19.3 Å². The molecule has 0 saturated carbocycles. The van der Waals surface area contributed by atoms with Crippen molar-refractivity contribution in [2.75, 3.05) is 6.54 Å². The van der Waals surface area contributed by atoms with Gasteiger partial charge in [-0.15, -0.1) is 5.10 Å². The van der Waals surface area contributed by atoms with Crippen molar-refractivity contribution in [1.29, 1.82) is 0 Å². The van der Waals surface area contributed by atoms with E-state index in [0.717, 1.165) is 43.3 Å². The largest absolute Gasteiger partial charge is 0.335 e. The van der Waals surface area contributed by atoms with E-state index in [9.17, 15) is 0 Å². The van der Waals surface area contributed by atoms with Crippen LogP contribution in [0.25, 0.3) is 5.69 Å². The van der Waals surface area contributed by atoms with Crippen molar-refractivity contribution in [2.24, 2.45) is 0 Å². The normalized spacial score (nSPS) is 18.3. The summed E-state index contributed by atoms with van der Waals surface area (Å²) in [5.74, 6) is 1.10. The second-order valence-electron chi connectivity index (χ2n) is 7.07. The molecule has 1 aliphatic rings. The third kappa shape index (κ3) is 3.85. The zero-order valence-electron chi connectivity index (χ0n) is 15.3. The molecule has 3 heterocycles. The first-order valence-corrected chi connectivity index (χ1v) is 9.48. The third-order valence-electron chi connectivity index (χ3n) is 5.30. The minimum Gasteiger partial charge on any atom is -0.335 e. The molecule has 1 atom stereocenters. The van der Waals surface area contributed by atoms with E-state index < -0.39 is 0 Å². The van der Waals surface area contributed by atoms with E-state index in [1.54, 1.807) is 0 Å². The molecule has 0 amide bonds. The van der Waals surface area contributed by atoms with E-state index in [-0.39, 0.29) is 0 Å². The van der Waals surface area contributed by atoms with E-state index in [4.69, 9.17) is 0 Å². The molecule has 1 aromatic carbocycles. The molecule has 1 aliphatic heterocycles. The van der Waals surface area contributed by atoms with E-state index in [1.807, 2.05) is 29.1 Å². The minimum atomic E-state index is 0.604. The predicted octanol–water partition coefficient (Wildman–Crippen LogP) is 3.22. The Morgan fingerprint density at radius 1 is 1.15 bits per heavy atom. The average Bonchev–Trinajstić information content (AvgIpc) is 3.31. The van der Waals surface area contributed by atoms with Crippen molar-refractivity contribution < 1.29 is 0 Å². The molecule has 2 aromatic heterocycles. The number of hydrogen-bond acceptors (Lipinski definition) is 4. The summed E-state index contributed by atoms with van der Waals surface area (Å²) in [7, 11) is 0. The van der Waals surface area contributed by atoms with Crippen LogP contribution in [0, 0.1) is 6.92 Å². The van der Waals surface area contributed by atoms with Gasteiger partial charge in [0.15, 0.2) is 0 Å². The van der Waals surface area contributed by atoms with Crippen LogP contribution in [0.1, 0.15) is 37.2 Å². The fourth-order valence-corrected chi connectivity index (χ4v) is 3.81. The van der Waals surface area contributed by atoms with Gasteiger partial charge in [-0.05, 0) is 44.9 Å². The highest BCUT2D eigenvalue weighted by Crippen LogP contribution is 2.22. The summed E-state index contributed by atoms with van der Waals surface area (Å²) in [4.78, 5) is 6.91. The standard InChI is InChI=1S/C20H26N6/c1-17-21-11-14-24(17)13-10-19-7-5-6-12-25(19)15-18-16-26(23-22-18)20-8-3-2-4-9-20/h2-4,8-9,11,14,16,19H,5-7,10,12-13,15H2,1H3. The van der Waals surface area contributed by atoms with Crippen LogP contribution < -0.4 is 0 Å². The number of aromatic nitrogens is 5. The maximum Gasteiger partial charge on any atom is 0.105 e. The smallest absolute Gasteiger partial charge is 0.105 e. The average molecular weight is 350 g/mol. The highest BCUT2D eigenvalue weighted by molar-refractivity contribution is 5.29. The van der Waals surface area contributed by atoms with Crippen LogP contribution in [0.2, 0.25) is 0 Å². The first kappa shape index (κ1) is 17.0. The van der Waals surface area contributed by atoms with Gasteiger partial charge >= 0.3 is 0 Å². The Morgan fingerprint density at radius 2 is 2.04 bits per heavy atom. The second kappa shape index (κ2) is 7.83. The number of likely N-dealkylation sites (tertiary alicyclic amines) is 1. The van der Waals surface area contributed by atoms with Crippen LogP contribution in [-0.2, 0) is 13.1 Å². The number of benzene rings is 1. The van der Waals surface area contributed by atoms with Crippen LogP contribution in [-0.4, -0.2) is 42.0 Å². The quantitative estimate of drug-likeness (QED) is 0.685. The van der Waals surface area contributed by atoms with Gasteiger partial charge in [-0.3, -0.25) is 4.90 Å². The van der Waals surface area contributed by atoms with Crippen LogP contribution in [0.4, 0.5) is 0 Å². The van der Waals surface area contributed by atoms with Crippen LogP contribution in [0.15, 0.2) is 48.9 Å². The van der Waals surface area contributed by atoms with Gasteiger partial charge in [0.05, 0.1) is 17.6 Å². The first-order chi connectivity index (χ1) is 12.8. The maximum absolute atomic E-state index is 4.40. The molecule has 1 unspecified atom stereocenters. The van der Waals surface area contributed by atoms with Gasteiger partial charge in [0.25, 0.3) is 0 Å². The fourth-order valence-electron chi connectivity index (χ4n) is 3.81. The summed E-state index contributed by atoms with van der Waals surface area (Å²) < 4.78 is 4.11. The molecule has 136 valence electrons. The Kier molecular flexibility index (Phi) is 5.11. The monoisotopic (exact) mass is 350 g/mol. The molecule has 0 N–H and O–H groups in total. The Labute approximate surface area is 154 Å². The fraction of sp³-hybridized carbons (Fsp3) is 0.450. The Hall–Kier alpha value is -2.47. The van der Waals surface area contributed by atoms with Gasteiger partial charge in [-0.2, -0.15) is 0 Å². The second-order valence-corrected chi connectivity index (χ2v) is 7.07. The van der Waals surface area contributed by atoms with Crippen molar-refractivity contribution in [3.8, 4) is 5.69 Å². The number of para-hydroxylation sites is 1. The van der Waals surface area contributed by atoms with Crippen molar-refractivity contribution in [2.45, 2.75) is 51.7 Å². The SMILES string of the molecule is Cc1nccn1CCC1CCCCN1Cc1cn(-c2ccccc2)nn1. The summed E-state index contributed by atoms with van der Waals surface area (Å²) in [6.07, 6.45) is 11.0.